The molecule has 0 N–H and O–H groups in total. The first-order chi connectivity index (χ1) is 7.69. The maximum absolute atomic E-state index is 5.37. The fraction of sp³-hybridized carbons (Fsp3) is 0.636. The molecule has 0 unspecified atom stereocenters. The van der Waals surface area contributed by atoms with Crippen LogP contribution in [0.15, 0.2) is 12.3 Å². The van der Waals surface area contributed by atoms with Crippen molar-refractivity contribution in [1.82, 2.24) is 9.97 Å². The fourth-order valence-corrected chi connectivity index (χ4v) is 1.76. The van der Waals surface area contributed by atoms with Crippen molar-refractivity contribution < 1.29 is 4.74 Å². The number of aromatic nitrogens is 2. The van der Waals surface area contributed by atoms with Gasteiger partial charge >= 0.3 is 0 Å². The van der Waals surface area contributed by atoms with E-state index in [-0.39, 0.29) is 0 Å². The monoisotopic (exact) mass is 287 g/mol. The normalized spacial score (nSPS) is 10.6. The van der Waals surface area contributed by atoms with Gasteiger partial charge in [0.15, 0.2) is 0 Å². The van der Waals surface area contributed by atoms with Gasteiger partial charge in [0.1, 0.15) is 0 Å². The molecule has 1 aromatic rings. The Hall–Kier alpha value is -0.840. The van der Waals surface area contributed by atoms with Gasteiger partial charge in [-0.3, -0.25) is 0 Å². The van der Waals surface area contributed by atoms with Crippen molar-refractivity contribution in [3.05, 3.63) is 12.3 Å². The molecular weight excluding hydrogens is 270 g/mol. The van der Waals surface area contributed by atoms with Crippen LogP contribution in [0, 0.1) is 0 Å². The molecule has 4 nitrogen and oxygen atoms in total. The standard InChI is InChI=1S/C11H18BrN3O/c1-4-16-10-5-7-13-11(14-10)15(8-6-12)9(2)3/h5,7,9H,4,6,8H2,1-3H3. The topological polar surface area (TPSA) is 38.2 Å². The van der Waals surface area contributed by atoms with Gasteiger partial charge in [-0.2, -0.15) is 4.98 Å². The van der Waals surface area contributed by atoms with Crippen LogP contribution in [0.25, 0.3) is 0 Å². The molecule has 0 aliphatic rings. The van der Waals surface area contributed by atoms with Crippen LogP contribution in [0.1, 0.15) is 20.8 Å². The Morgan fingerprint density at radius 1 is 1.50 bits per heavy atom. The van der Waals surface area contributed by atoms with Crippen LogP contribution in [0.4, 0.5) is 5.95 Å². The average molecular weight is 288 g/mol. The van der Waals surface area contributed by atoms with E-state index in [0.29, 0.717) is 18.5 Å². The van der Waals surface area contributed by atoms with Crippen molar-refractivity contribution in [1.29, 1.82) is 0 Å². The van der Waals surface area contributed by atoms with Crippen molar-refractivity contribution in [3.8, 4) is 5.88 Å². The third-order valence-corrected chi connectivity index (χ3v) is 2.47. The zero-order valence-electron chi connectivity index (χ0n) is 9.98. The van der Waals surface area contributed by atoms with Gasteiger partial charge < -0.3 is 9.64 Å². The summed E-state index contributed by atoms with van der Waals surface area (Å²) in [5.74, 6) is 1.35. The summed E-state index contributed by atoms with van der Waals surface area (Å²) in [5, 5.41) is 0.896. The van der Waals surface area contributed by atoms with Crippen molar-refractivity contribution in [2.75, 3.05) is 23.4 Å². The predicted octanol–water partition coefficient (Wildman–Crippen LogP) is 2.49. The van der Waals surface area contributed by atoms with Crippen LogP contribution in [0.3, 0.4) is 0 Å². The Morgan fingerprint density at radius 2 is 2.25 bits per heavy atom. The third kappa shape index (κ3) is 3.63. The van der Waals surface area contributed by atoms with Crippen LogP contribution in [-0.4, -0.2) is 34.5 Å². The first-order valence-electron chi connectivity index (χ1n) is 5.47. The van der Waals surface area contributed by atoms with Gasteiger partial charge in [0.2, 0.25) is 11.8 Å². The second kappa shape index (κ2) is 6.68. The lowest BCUT2D eigenvalue weighted by Crippen LogP contribution is -2.34. The summed E-state index contributed by atoms with van der Waals surface area (Å²) in [4.78, 5) is 10.8. The summed E-state index contributed by atoms with van der Waals surface area (Å²) >= 11 is 3.44. The lowest BCUT2D eigenvalue weighted by atomic mass is 10.3. The molecule has 0 saturated heterocycles. The van der Waals surface area contributed by atoms with E-state index in [4.69, 9.17) is 4.74 Å². The maximum atomic E-state index is 5.37. The molecule has 0 bridgehead atoms. The van der Waals surface area contributed by atoms with Gasteiger partial charge in [0.05, 0.1) is 6.61 Å². The van der Waals surface area contributed by atoms with Crippen molar-refractivity contribution in [3.63, 3.8) is 0 Å². The third-order valence-electron chi connectivity index (χ3n) is 2.12. The number of rotatable bonds is 6. The summed E-state index contributed by atoms with van der Waals surface area (Å²) in [6.07, 6.45) is 1.73. The Morgan fingerprint density at radius 3 is 2.81 bits per heavy atom. The van der Waals surface area contributed by atoms with E-state index in [0.717, 1.165) is 17.8 Å². The Labute approximate surface area is 105 Å². The zero-order valence-corrected chi connectivity index (χ0v) is 11.6. The number of alkyl halides is 1. The Bertz CT molecular complexity index is 320. The van der Waals surface area contributed by atoms with Gasteiger partial charge in [0, 0.05) is 30.2 Å². The Kier molecular flexibility index (Phi) is 5.52. The molecule has 1 heterocycles. The van der Waals surface area contributed by atoms with Gasteiger partial charge in [0.25, 0.3) is 0 Å². The minimum Gasteiger partial charge on any atom is -0.478 e. The molecule has 16 heavy (non-hydrogen) atoms. The number of hydrogen-bond donors (Lipinski definition) is 0. The summed E-state index contributed by atoms with van der Waals surface area (Å²) in [5.41, 5.74) is 0. The number of ether oxygens (including phenoxy) is 1. The van der Waals surface area contributed by atoms with E-state index in [1.807, 2.05) is 6.92 Å². The summed E-state index contributed by atoms with van der Waals surface area (Å²) in [7, 11) is 0. The molecule has 0 atom stereocenters. The van der Waals surface area contributed by atoms with Crippen LogP contribution < -0.4 is 9.64 Å². The van der Waals surface area contributed by atoms with E-state index in [2.05, 4.69) is 44.6 Å². The average Bonchev–Trinajstić information content (AvgIpc) is 2.26. The van der Waals surface area contributed by atoms with Gasteiger partial charge in [-0.05, 0) is 20.8 Å². The second-order valence-electron chi connectivity index (χ2n) is 3.60. The Balaban J connectivity index is 2.86. The summed E-state index contributed by atoms with van der Waals surface area (Å²) in [6.45, 7) is 7.70. The minimum atomic E-state index is 0.370. The van der Waals surface area contributed by atoms with Crippen LogP contribution >= 0.6 is 15.9 Å². The van der Waals surface area contributed by atoms with Crippen molar-refractivity contribution >= 4 is 21.9 Å². The summed E-state index contributed by atoms with van der Waals surface area (Å²) in [6, 6.07) is 2.15. The smallest absolute Gasteiger partial charge is 0.228 e. The van der Waals surface area contributed by atoms with E-state index in [1.54, 1.807) is 12.3 Å². The molecule has 5 heteroatoms. The first-order valence-corrected chi connectivity index (χ1v) is 6.59. The molecular formula is C11H18BrN3O. The van der Waals surface area contributed by atoms with Crippen LogP contribution in [0.2, 0.25) is 0 Å². The highest BCUT2D eigenvalue weighted by molar-refractivity contribution is 9.09. The molecule has 1 aromatic heterocycles. The van der Waals surface area contributed by atoms with Crippen LogP contribution in [0.5, 0.6) is 5.88 Å². The van der Waals surface area contributed by atoms with E-state index < -0.39 is 0 Å². The highest BCUT2D eigenvalue weighted by Gasteiger charge is 2.13. The maximum Gasteiger partial charge on any atom is 0.228 e. The quantitative estimate of drug-likeness (QED) is 0.754. The molecule has 0 fully saturated rings. The van der Waals surface area contributed by atoms with E-state index >= 15 is 0 Å². The van der Waals surface area contributed by atoms with E-state index in [1.165, 1.54) is 0 Å². The number of anilines is 1. The summed E-state index contributed by atoms with van der Waals surface area (Å²) < 4.78 is 5.37. The molecule has 0 radical (unpaired) electrons. The molecule has 0 amide bonds. The first kappa shape index (κ1) is 13.2. The molecule has 0 saturated carbocycles. The van der Waals surface area contributed by atoms with Crippen molar-refractivity contribution in [2.45, 2.75) is 26.8 Å². The van der Waals surface area contributed by atoms with Gasteiger partial charge in [-0.15, -0.1) is 0 Å². The van der Waals surface area contributed by atoms with Crippen LogP contribution in [-0.2, 0) is 0 Å². The molecule has 1 rings (SSSR count). The van der Waals surface area contributed by atoms with E-state index in [9.17, 15) is 0 Å². The molecule has 0 aliphatic carbocycles. The molecule has 90 valence electrons. The number of nitrogens with zero attached hydrogens (tertiary/aromatic N) is 3. The molecule has 0 aromatic carbocycles. The lowest BCUT2D eigenvalue weighted by molar-refractivity contribution is 0.326. The SMILES string of the molecule is CCOc1ccnc(N(CCBr)C(C)C)n1. The minimum absolute atomic E-state index is 0.370. The molecule has 0 aliphatic heterocycles. The largest absolute Gasteiger partial charge is 0.478 e. The highest BCUT2D eigenvalue weighted by atomic mass is 79.9. The number of halogens is 1. The lowest BCUT2D eigenvalue weighted by Gasteiger charge is -2.25. The van der Waals surface area contributed by atoms with Crippen molar-refractivity contribution in [2.24, 2.45) is 0 Å². The van der Waals surface area contributed by atoms with Gasteiger partial charge in [-0.25, -0.2) is 4.98 Å². The highest BCUT2D eigenvalue weighted by Crippen LogP contribution is 2.15. The molecule has 0 spiro atoms. The van der Waals surface area contributed by atoms with Gasteiger partial charge in [-0.1, -0.05) is 15.9 Å². The predicted molar refractivity (Wildman–Crippen MR) is 69.5 cm³/mol. The fourth-order valence-electron chi connectivity index (χ4n) is 1.38. The number of hydrogen-bond acceptors (Lipinski definition) is 4. The zero-order chi connectivity index (χ0) is 12.0. The second-order valence-corrected chi connectivity index (χ2v) is 4.40.